The fourth-order valence-corrected chi connectivity index (χ4v) is 4.41. The summed E-state index contributed by atoms with van der Waals surface area (Å²) in [6.07, 6.45) is 0.967. The van der Waals surface area contributed by atoms with Crippen LogP contribution in [-0.4, -0.2) is 46.0 Å². The second-order valence-electron chi connectivity index (χ2n) is 8.63. The molecular weight excluding hydrogens is 420 g/mol. The number of nitrogens with one attached hydrogen (secondary N) is 1. The van der Waals surface area contributed by atoms with Crippen molar-refractivity contribution in [3.63, 3.8) is 0 Å². The van der Waals surface area contributed by atoms with Crippen molar-refractivity contribution in [1.82, 2.24) is 10.2 Å². The fraction of sp³-hybridized carbons (Fsp3) is 0.400. The van der Waals surface area contributed by atoms with E-state index in [1.165, 1.54) is 4.90 Å². The molecule has 2 aromatic carbocycles. The van der Waals surface area contributed by atoms with Gasteiger partial charge in [-0.05, 0) is 36.6 Å². The molecule has 174 valence electrons. The third-order valence-electron chi connectivity index (χ3n) is 6.59. The van der Waals surface area contributed by atoms with E-state index in [0.29, 0.717) is 17.7 Å². The Bertz CT molecular complexity index is 1080. The van der Waals surface area contributed by atoms with Crippen molar-refractivity contribution in [1.29, 1.82) is 0 Å². The lowest BCUT2D eigenvalue weighted by atomic mass is 9.88. The molecule has 4 rings (SSSR count). The average Bonchev–Trinajstić information content (AvgIpc) is 2.83. The molecule has 2 aliphatic rings. The Morgan fingerprint density at radius 1 is 1.24 bits per heavy atom. The van der Waals surface area contributed by atoms with Gasteiger partial charge in [-0.25, -0.2) is 4.99 Å². The summed E-state index contributed by atoms with van der Waals surface area (Å²) >= 11 is 0. The van der Waals surface area contributed by atoms with Crippen LogP contribution in [0.25, 0.3) is 0 Å². The molecule has 0 aromatic heterocycles. The highest BCUT2D eigenvalue weighted by molar-refractivity contribution is 5.99. The summed E-state index contributed by atoms with van der Waals surface area (Å²) in [7, 11) is 0. The minimum absolute atomic E-state index is 0.0667. The van der Waals surface area contributed by atoms with Crippen LogP contribution >= 0.6 is 0 Å². The third kappa shape index (κ3) is 4.57. The predicted molar refractivity (Wildman–Crippen MR) is 125 cm³/mol. The summed E-state index contributed by atoms with van der Waals surface area (Å²) in [4.78, 5) is 31.9. The zero-order valence-electron chi connectivity index (χ0n) is 19.0. The van der Waals surface area contributed by atoms with E-state index >= 15 is 0 Å². The summed E-state index contributed by atoms with van der Waals surface area (Å²) in [6, 6.07) is 13.8. The van der Waals surface area contributed by atoms with Gasteiger partial charge in [0.2, 0.25) is 5.91 Å². The van der Waals surface area contributed by atoms with Crippen molar-refractivity contribution in [3.8, 4) is 5.75 Å². The maximum absolute atomic E-state index is 13.0. The average molecular weight is 451 g/mol. The molecule has 2 heterocycles. The zero-order valence-corrected chi connectivity index (χ0v) is 19.0. The molecule has 2 atom stereocenters. The zero-order chi connectivity index (χ0) is 23.6. The lowest BCUT2D eigenvalue weighted by Gasteiger charge is -2.36. The van der Waals surface area contributed by atoms with Crippen LogP contribution in [-0.2, 0) is 11.3 Å². The Balaban J connectivity index is 1.51. The first kappa shape index (κ1) is 22.8. The van der Waals surface area contributed by atoms with E-state index < -0.39 is 17.7 Å². The van der Waals surface area contributed by atoms with Crippen molar-refractivity contribution in [2.75, 3.05) is 6.61 Å². The van der Waals surface area contributed by atoms with Gasteiger partial charge in [0.1, 0.15) is 18.5 Å². The normalized spacial score (nSPS) is 21.6. The van der Waals surface area contributed by atoms with Gasteiger partial charge in [-0.2, -0.15) is 0 Å². The van der Waals surface area contributed by atoms with E-state index in [-0.39, 0.29) is 30.9 Å². The lowest BCUT2D eigenvalue weighted by molar-refractivity contribution is -0.130. The van der Waals surface area contributed by atoms with E-state index in [1.807, 2.05) is 44.2 Å². The Hall–Kier alpha value is -3.39. The number of fused-ring (bicyclic) bond motifs is 1. The maximum Gasteiger partial charge on any atom is 0.251 e. The van der Waals surface area contributed by atoms with Gasteiger partial charge >= 0.3 is 0 Å². The maximum atomic E-state index is 13.0. The molecule has 2 aromatic rings. The van der Waals surface area contributed by atoms with Gasteiger partial charge in [0.05, 0.1) is 24.5 Å². The quantitative estimate of drug-likeness (QED) is 0.625. The highest BCUT2D eigenvalue weighted by Crippen LogP contribution is 2.32. The number of para-hydroxylation sites is 1. The number of amides is 2. The molecule has 8 heteroatoms. The highest BCUT2D eigenvalue weighted by atomic mass is 16.5. The number of rotatable bonds is 6. The van der Waals surface area contributed by atoms with Gasteiger partial charge in [0.25, 0.3) is 5.91 Å². The molecule has 0 saturated heterocycles. The molecule has 0 bridgehead atoms. The van der Waals surface area contributed by atoms with Crippen molar-refractivity contribution < 1.29 is 19.4 Å². The van der Waals surface area contributed by atoms with Gasteiger partial charge in [-0.15, -0.1) is 0 Å². The number of carbonyl (C=O) groups excluding carboxylic acids is 2. The van der Waals surface area contributed by atoms with Gasteiger partial charge in [-0.1, -0.05) is 44.2 Å². The molecule has 33 heavy (non-hydrogen) atoms. The smallest absolute Gasteiger partial charge is 0.251 e. The summed E-state index contributed by atoms with van der Waals surface area (Å²) in [5, 5.41) is 13.3. The monoisotopic (exact) mass is 450 g/mol. The summed E-state index contributed by atoms with van der Waals surface area (Å²) < 4.78 is 5.55. The van der Waals surface area contributed by atoms with Crippen molar-refractivity contribution in [2.24, 2.45) is 10.7 Å². The molecule has 8 nitrogen and oxygen atoms in total. The molecule has 2 unspecified atom stereocenters. The van der Waals surface area contributed by atoms with Crippen molar-refractivity contribution in [2.45, 2.75) is 57.3 Å². The number of aliphatic hydroxyl groups is 1. The number of hydrogen-bond donors (Lipinski definition) is 3. The fourth-order valence-electron chi connectivity index (χ4n) is 4.41. The third-order valence-corrected chi connectivity index (χ3v) is 6.59. The van der Waals surface area contributed by atoms with Crippen LogP contribution < -0.4 is 15.8 Å². The topological polar surface area (TPSA) is 117 Å². The highest BCUT2D eigenvalue weighted by Gasteiger charge is 2.37. The minimum Gasteiger partial charge on any atom is -0.490 e. The number of aliphatic imine (C=N–C) groups is 1. The van der Waals surface area contributed by atoms with E-state index in [4.69, 9.17) is 10.5 Å². The van der Waals surface area contributed by atoms with E-state index in [1.54, 1.807) is 18.2 Å². The Labute approximate surface area is 193 Å². The van der Waals surface area contributed by atoms with Crippen LogP contribution in [0.2, 0.25) is 0 Å². The van der Waals surface area contributed by atoms with E-state index in [0.717, 1.165) is 24.0 Å². The molecule has 0 saturated carbocycles. The predicted octanol–water partition coefficient (Wildman–Crippen LogP) is 2.52. The molecule has 2 amide bonds. The number of aliphatic hydroxyl groups excluding tert-OH is 1. The van der Waals surface area contributed by atoms with Gasteiger partial charge < -0.3 is 20.9 Å². The van der Waals surface area contributed by atoms with Crippen LogP contribution in [0.5, 0.6) is 5.75 Å². The second kappa shape index (κ2) is 9.23. The SMILES string of the molecule is CCC1(CC)CC(=O)N(Cc2cccc(C(=O)NC3c4ccccc4OCC3O)c2)C(N)=N1. The summed E-state index contributed by atoms with van der Waals surface area (Å²) in [6.45, 7) is 4.37. The Morgan fingerprint density at radius 3 is 2.73 bits per heavy atom. The standard InChI is InChI=1S/C25H30N4O4/c1-3-25(4-2)13-21(31)29(24(26)28-25)14-16-8-7-9-17(12-16)23(32)27-22-18-10-5-6-11-20(18)33-15-19(22)30/h5-12,19,22,30H,3-4,13-15H2,1-2H3,(H2,26,28)(H,27,32). The summed E-state index contributed by atoms with van der Waals surface area (Å²) in [5.41, 5.74) is 7.66. The number of nitrogens with two attached hydrogens (primary N) is 1. The molecule has 0 radical (unpaired) electrons. The molecule has 0 aliphatic carbocycles. The Morgan fingerprint density at radius 2 is 2.00 bits per heavy atom. The van der Waals surface area contributed by atoms with Crippen molar-refractivity contribution in [3.05, 3.63) is 65.2 Å². The molecule has 4 N–H and O–H groups in total. The van der Waals surface area contributed by atoms with Crippen LogP contribution in [0.3, 0.4) is 0 Å². The van der Waals surface area contributed by atoms with Crippen LogP contribution in [0, 0.1) is 0 Å². The summed E-state index contributed by atoms with van der Waals surface area (Å²) in [5.74, 6) is 0.477. The number of guanidine groups is 1. The number of ether oxygens (including phenoxy) is 1. The minimum atomic E-state index is -0.855. The van der Waals surface area contributed by atoms with Crippen LogP contribution in [0.15, 0.2) is 53.5 Å². The van der Waals surface area contributed by atoms with Crippen molar-refractivity contribution >= 4 is 17.8 Å². The first-order valence-corrected chi connectivity index (χ1v) is 11.3. The number of hydrogen-bond acceptors (Lipinski definition) is 6. The first-order chi connectivity index (χ1) is 15.9. The number of nitrogens with zero attached hydrogens (tertiary/aromatic N) is 2. The van der Waals surface area contributed by atoms with Gasteiger partial charge in [0, 0.05) is 11.1 Å². The van der Waals surface area contributed by atoms with Crippen LogP contribution in [0.1, 0.15) is 60.6 Å². The van der Waals surface area contributed by atoms with Gasteiger partial charge in [0.15, 0.2) is 5.96 Å². The van der Waals surface area contributed by atoms with E-state index in [2.05, 4.69) is 10.3 Å². The molecular formula is C25H30N4O4. The largest absolute Gasteiger partial charge is 0.490 e. The van der Waals surface area contributed by atoms with Crippen LogP contribution in [0.4, 0.5) is 0 Å². The number of benzene rings is 2. The molecule has 2 aliphatic heterocycles. The Kier molecular flexibility index (Phi) is 6.37. The second-order valence-corrected chi connectivity index (χ2v) is 8.63. The first-order valence-electron chi connectivity index (χ1n) is 11.3. The number of carbonyl (C=O) groups is 2. The molecule has 0 fully saturated rings. The van der Waals surface area contributed by atoms with E-state index in [9.17, 15) is 14.7 Å². The van der Waals surface area contributed by atoms with Gasteiger partial charge in [-0.3, -0.25) is 14.5 Å². The molecule has 0 spiro atoms. The lowest BCUT2D eigenvalue weighted by Crippen LogP contribution is -2.50.